The number of nitrogens with zero attached hydrogens (tertiary/aromatic N) is 6. The summed E-state index contributed by atoms with van der Waals surface area (Å²) in [5.74, 6) is -0.411. The number of hydrazine groups is 1. The molecule has 4 aromatic rings. The van der Waals surface area contributed by atoms with E-state index in [9.17, 15) is 9.59 Å². The predicted molar refractivity (Wildman–Crippen MR) is 236 cm³/mol. The average Bonchev–Trinajstić information content (AvgIpc) is 3.64. The second kappa shape index (κ2) is 16.2. The smallest absolute Gasteiger partial charge is 0.324 e. The van der Waals surface area contributed by atoms with Gasteiger partial charge in [-0.1, -0.05) is 33.8 Å². The number of likely N-dealkylation sites (tertiary alicyclic amines) is 2. The third-order valence-electron chi connectivity index (χ3n) is 14.7. The molecule has 5 aliphatic rings. The highest BCUT2D eigenvalue weighted by molar-refractivity contribution is 7.10. The lowest BCUT2D eigenvalue weighted by Gasteiger charge is -2.55. The zero-order valence-corrected chi connectivity index (χ0v) is 37.8. The minimum Gasteiger partial charge on any atom is -0.464 e. The fourth-order valence-corrected chi connectivity index (χ4v) is 11.7. The number of ether oxygens (including phenoxy) is 2. The lowest BCUT2D eigenvalue weighted by Crippen LogP contribution is -2.70. The third kappa shape index (κ3) is 7.49. The number of aromatic nitrogens is 3. The Bertz CT molecular complexity index is 2330. The van der Waals surface area contributed by atoms with Gasteiger partial charge in [0.1, 0.15) is 17.1 Å². The van der Waals surface area contributed by atoms with Crippen LogP contribution in [0.15, 0.2) is 41.9 Å². The van der Waals surface area contributed by atoms with Gasteiger partial charge in [-0.2, -0.15) is 0 Å². The number of likely N-dealkylation sites (N-methyl/N-ethyl adjacent to an activating group) is 1. The molecule has 14 heteroatoms. The summed E-state index contributed by atoms with van der Waals surface area (Å²) in [5, 5.41) is 8.87. The van der Waals surface area contributed by atoms with E-state index in [-0.39, 0.29) is 53.8 Å². The number of hydrogen-bond acceptors (Lipinski definition) is 11. The summed E-state index contributed by atoms with van der Waals surface area (Å²) in [6.45, 7) is 16.6. The molecule has 3 saturated heterocycles. The van der Waals surface area contributed by atoms with Crippen molar-refractivity contribution in [2.45, 2.75) is 110 Å². The Hall–Kier alpha value is -4.21. The Balaban J connectivity index is 1.20. The van der Waals surface area contributed by atoms with Crippen LogP contribution in [0.25, 0.3) is 33.4 Å². The van der Waals surface area contributed by atoms with Crippen LogP contribution in [0.1, 0.15) is 95.6 Å². The molecule has 2 amide bonds. The van der Waals surface area contributed by atoms with Gasteiger partial charge in [0.05, 0.1) is 35.8 Å². The first-order valence-electron chi connectivity index (χ1n) is 22.3. The van der Waals surface area contributed by atoms with Gasteiger partial charge < -0.3 is 19.4 Å². The quantitative estimate of drug-likeness (QED) is 0.202. The van der Waals surface area contributed by atoms with E-state index in [1.807, 2.05) is 19.2 Å². The molecule has 3 aromatic heterocycles. The van der Waals surface area contributed by atoms with E-state index in [0.717, 1.165) is 88.7 Å². The van der Waals surface area contributed by atoms with Gasteiger partial charge in [0.15, 0.2) is 0 Å². The van der Waals surface area contributed by atoms with Crippen molar-refractivity contribution in [1.82, 2.24) is 40.1 Å². The fraction of sp³-hybridized carbons (Fsp3) is 0.596. The van der Waals surface area contributed by atoms with Gasteiger partial charge >= 0.3 is 5.97 Å². The molecule has 0 radical (unpaired) electrons. The van der Waals surface area contributed by atoms with Crippen LogP contribution < -0.4 is 10.7 Å². The summed E-state index contributed by atoms with van der Waals surface area (Å²) in [6.07, 6.45) is 5.60. The second-order valence-corrected chi connectivity index (χ2v) is 20.2. The zero-order chi connectivity index (χ0) is 43.0. The molecule has 1 unspecified atom stereocenters. The van der Waals surface area contributed by atoms with Crippen LogP contribution in [0.2, 0.25) is 0 Å². The summed E-state index contributed by atoms with van der Waals surface area (Å²) in [7, 11) is 3.91. The number of hydrogen-bond donors (Lipinski definition) is 2. The number of benzene rings is 1. The van der Waals surface area contributed by atoms with Crippen LogP contribution in [-0.4, -0.2) is 112 Å². The number of rotatable bonds is 7. The Morgan fingerprint density at radius 3 is 2.62 bits per heavy atom. The molecule has 4 aliphatic heterocycles. The Morgan fingerprint density at radius 2 is 1.92 bits per heavy atom. The first-order chi connectivity index (χ1) is 29.2. The lowest BCUT2D eigenvalue weighted by atomic mass is 9.84. The van der Waals surface area contributed by atoms with E-state index < -0.39 is 23.5 Å². The minimum absolute atomic E-state index is 0.0377. The van der Waals surface area contributed by atoms with E-state index in [1.165, 1.54) is 0 Å². The molecule has 13 nitrogen and oxygen atoms in total. The minimum atomic E-state index is -0.922. The van der Waals surface area contributed by atoms with Crippen molar-refractivity contribution < 1.29 is 23.9 Å². The first-order valence-corrected chi connectivity index (χ1v) is 23.2. The van der Waals surface area contributed by atoms with Crippen LogP contribution in [0, 0.1) is 23.2 Å². The molecule has 1 saturated carbocycles. The number of aryl methyl sites for hydroxylation is 1. The molecule has 1 aromatic carbocycles. The number of thiazole rings is 1. The van der Waals surface area contributed by atoms with E-state index in [0.29, 0.717) is 25.8 Å². The predicted octanol–water partition coefficient (Wildman–Crippen LogP) is 6.38. The number of amides is 2. The van der Waals surface area contributed by atoms with Gasteiger partial charge in [0.2, 0.25) is 5.91 Å². The molecular formula is C47H62N8O5S. The average molecular weight is 851 g/mol. The molecule has 6 bridgehead atoms. The molecule has 326 valence electrons. The van der Waals surface area contributed by atoms with Crippen LogP contribution in [0.3, 0.4) is 0 Å². The number of esters is 1. The van der Waals surface area contributed by atoms with Crippen LogP contribution >= 0.6 is 11.3 Å². The summed E-state index contributed by atoms with van der Waals surface area (Å²) >= 11 is 1.55. The summed E-state index contributed by atoms with van der Waals surface area (Å²) in [5.41, 5.74) is 9.87. The van der Waals surface area contributed by atoms with Gasteiger partial charge in [-0.25, -0.2) is 10.4 Å². The third-order valence-corrected chi connectivity index (χ3v) is 15.6. The monoisotopic (exact) mass is 850 g/mol. The van der Waals surface area contributed by atoms with Crippen LogP contribution in [0.4, 0.5) is 0 Å². The van der Waals surface area contributed by atoms with E-state index in [2.05, 4.69) is 96.4 Å². The molecule has 4 fully saturated rings. The molecule has 9 rings (SSSR count). The standard InChI is InChI=1S/C47H62N8O5S/c1-9-54-36-16-15-30-21-32(36)33(40(54)31-13-10-18-48-38(31)29(4)59-8)22-46(5,6)26-60-45(58)34-14-11-20-55(51-34)44(57)39(50-42(56)37-27(2)28(37)3)41(43-49-35(30)23-61-43)53-24-47(25-53)17-12-19-52(47)7/h10,13,15-16,18,21,23,27-29,34,37,39,41,51H,9,11-12,14,17,19-20,22,24-26H2,1-8H3,(H,50,56)/t27-,28+,29-,34-,37?,39-,41-/m0/s1. The lowest BCUT2D eigenvalue weighted by molar-refractivity contribution is -0.156. The van der Waals surface area contributed by atoms with E-state index in [4.69, 9.17) is 19.4 Å². The number of cyclic esters (lactones) is 1. The van der Waals surface area contributed by atoms with Crippen LogP contribution in [-0.2, 0) is 36.8 Å². The summed E-state index contributed by atoms with van der Waals surface area (Å²) in [4.78, 5) is 58.2. The number of fused-ring (bicyclic) bond motifs is 6. The Morgan fingerprint density at radius 1 is 1.13 bits per heavy atom. The summed E-state index contributed by atoms with van der Waals surface area (Å²) < 4.78 is 14.4. The largest absolute Gasteiger partial charge is 0.464 e. The second-order valence-electron chi connectivity index (χ2n) is 19.3. The van der Waals surface area contributed by atoms with Crippen LogP contribution in [0.5, 0.6) is 0 Å². The zero-order valence-electron chi connectivity index (χ0n) is 37.0. The molecule has 1 spiro atoms. The highest BCUT2D eigenvalue weighted by atomic mass is 32.1. The van der Waals surface area contributed by atoms with Crippen molar-refractivity contribution in [3.63, 3.8) is 0 Å². The highest BCUT2D eigenvalue weighted by Gasteiger charge is 2.55. The van der Waals surface area contributed by atoms with Crippen molar-refractivity contribution in [2.75, 3.05) is 46.9 Å². The number of carbonyl (C=O) groups is 3. The number of pyridine rings is 1. The number of nitrogens with one attached hydrogen (secondary N) is 2. The SMILES string of the molecule is CCn1c(-c2cccnc2[C@H](C)OC)c2c3cc(ccc31)-c1csc(n1)[C@@H](N1CC3(CCCN3C)C1)[C@H](NC(=O)C1[C@@H](C)[C@H]1C)C(=O)N1CCC[C@H](N1)C(=O)OCC(C)(C)C2. The first kappa shape index (κ1) is 42.1. The molecular weight excluding hydrogens is 789 g/mol. The molecule has 1 aliphatic carbocycles. The maximum absolute atomic E-state index is 15.1. The maximum atomic E-state index is 15.1. The highest BCUT2D eigenvalue weighted by Crippen LogP contribution is 2.48. The normalized spacial score (nSPS) is 28.4. The number of methoxy groups -OCH3 is 1. The fourth-order valence-electron chi connectivity index (χ4n) is 10.7. The maximum Gasteiger partial charge on any atom is 0.324 e. The van der Waals surface area contributed by atoms with Gasteiger partial charge in [-0.05, 0) is 101 Å². The molecule has 2 N–H and O–H groups in total. The van der Waals surface area contributed by atoms with Gasteiger partial charge in [-0.3, -0.25) is 34.2 Å². The number of carbonyl (C=O) groups excluding carboxylic acids is 3. The Labute approximate surface area is 363 Å². The molecule has 7 atom stereocenters. The van der Waals surface area contributed by atoms with Gasteiger partial charge in [0.25, 0.3) is 5.91 Å². The van der Waals surface area contributed by atoms with Crippen molar-refractivity contribution in [3.8, 4) is 22.5 Å². The van der Waals surface area contributed by atoms with Crippen molar-refractivity contribution >= 4 is 40.0 Å². The van der Waals surface area contributed by atoms with Crippen molar-refractivity contribution in [2.24, 2.45) is 23.2 Å². The van der Waals surface area contributed by atoms with Gasteiger partial charge in [-0.15, -0.1) is 11.3 Å². The topological polar surface area (TPSA) is 134 Å². The van der Waals surface area contributed by atoms with Gasteiger partial charge in [0, 0.05) is 83.8 Å². The van der Waals surface area contributed by atoms with Crippen molar-refractivity contribution in [1.29, 1.82) is 0 Å². The Kier molecular flexibility index (Phi) is 11.2. The van der Waals surface area contributed by atoms with Crippen molar-refractivity contribution in [3.05, 3.63) is 58.2 Å². The summed E-state index contributed by atoms with van der Waals surface area (Å²) in [6, 6.07) is 8.57. The van der Waals surface area contributed by atoms with E-state index >= 15 is 4.79 Å². The molecule has 61 heavy (non-hydrogen) atoms. The molecule has 7 heterocycles. The van der Waals surface area contributed by atoms with E-state index in [1.54, 1.807) is 23.5 Å².